The summed E-state index contributed by atoms with van der Waals surface area (Å²) in [7, 11) is -0.818. The predicted molar refractivity (Wildman–Crippen MR) is 71.0 cm³/mol. The minimum absolute atomic E-state index is 0.0513. The fourth-order valence-corrected chi connectivity index (χ4v) is 2.98. The van der Waals surface area contributed by atoms with E-state index in [1.807, 2.05) is 6.92 Å². The van der Waals surface area contributed by atoms with Crippen molar-refractivity contribution in [3.8, 4) is 0 Å². The number of rotatable bonds is 9. The number of ether oxygens (including phenoxy) is 1. The van der Waals surface area contributed by atoms with Gasteiger partial charge in [-0.2, -0.15) is 4.31 Å². The van der Waals surface area contributed by atoms with Crippen molar-refractivity contribution in [1.29, 1.82) is 0 Å². The molecule has 0 aromatic carbocycles. The summed E-state index contributed by atoms with van der Waals surface area (Å²) in [6.07, 6.45) is 0.853. The molecular weight excluding hydrogens is 272 g/mol. The second-order valence-electron chi connectivity index (χ2n) is 4.00. The maximum absolute atomic E-state index is 12.0. The van der Waals surface area contributed by atoms with Crippen molar-refractivity contribution in [3.63, 3.8) is 0 Å². The molecule has 0 spiro atoms. The molecule has 0 aliphatic rings. The average molecular weight is 294 g/mol. The molecule has 1 N–H and O–H groups in total. The average Bonchev–Trinajstić information content (AvgIpc) is 2.37. The maximum atomic E-state index is 12.0. The molecule has 1 amide bonds. The Kier molecular flexibility index (Phi) is 8.33. The molecule has 0 aromatic heterocycles. The minimum Gasteiger partial charge on any atom is -0.469 e. The van der Waals surface area contributed by atoms with Crippen molar-refractivity contribution >= 4 is 21.9 Å². The Morgan fingerprint density at radius 2 is 1.95 bits per heavy atom. The van der Waals surface area contributed by atoms with Gasteiger partial charge in [0.1, 0.15) is 0 Å². The highest BCUT2D eigenvalue weighted by atomic mass is 32.2. The molecule has 0 aliphatic carbocycles. The second-order valence-corrected chi connectivity index (χ2v) is 6.09. The van der Waals surface area contributed by atoms with Crippen LogP contribution in [-0.2, 0) is 24.3 Å². The molecule has 0 saturated carbocycles. The largest absolute Gasteiger partial charge is 0.469 e. The maximum Gasteiger partial charge on any atom is 0.305 e. The Bertz CT molecular complexity index is 394. The number of nitrogens with zero attached hydrogens (tertiary/aromatic N) is 1. The van der Waals surface area contributed by atoms with E-state index in [-0.39, 0.29) is 37.6 Å². The van der Waals surface area contributed by atoms with Gasteiger partial charge in [0.25, 0.3) is 0 Å². The summed E-state index contributed by atoms with van der Waals surface area (Å²) in [5.41, 5.74) is 0. The molecule has 0 radical (unpaired) electrons. The van der Waals surface area contributed by atoms with E-state index >= 15 is 0 Å². The number of likely N-dealkylation sites (N-methyl/N-ethyl adjacent to an activating group) is 1. The van der Waals surface area contributed by atoms with E-state index < -0.39 is 16.0 Å². The lowest BCUT2D eigenvalue weighted by molar-refractivity contribution is -0.140. The van der Waals surface area contributed by atoms with Crippen LogP contribution in [0.3, 0.4) is 0 Å². The molecule has 0 heterocycles. The van der Waals surface area contributed by atoms with Gasteiger partial charge in [0.2, 0.25) is 15.9 Å². The van der Waals surface area contributed by atoms with E-state index in [0.29, 0.717) is 6.42 Å². The molecular formula is C11H22N2O5S. The van der Waals surface area contributed by atoms with Gasteiger partial charge in [-0.3, -0.25) is 9.59 Å². The highest BCUT2D eigenvalue weighted by molar-refractivity contribution is 7.89. The molecule has 19 heavy (non-hydrogen) atoms. The van der Waals surface area contributed by atoms with Crippen LogP contribution in [0.15, 0.2) is 0 Å². The molecule has 0 aromatic rings. The summed E-state index contributed by atoms with van der Waals surface area (Å²) in [4.78, 5) is 22.2. The number of amides is 1. The molecule has 0 saturated heterocycles. The van der Waals surface area contributed by atoms with E-state index in [1.54, 1.807) is 0 Å². The number of methoxy groups -OCH3 is 1. The van der Waals surface area contributed by atoms with Gasteiger partial charge in [0.15, 0.2) is 0 Å². The fraction of sp³-hybridized carbons (Fsp3) is 0.818. The first kappa shape index (κ1) is 17.8. The molecule has 0 fully saturated rings. The van der Waals surface area contributed by atoms with Crippen LogP contribution in [0.2, 0.25) is 0 Å². The van der Waals surface area contributed by atoms with Gasteiger partial charge in [-0.1, -0.05) is 6.92 Å². The van der Waals surface area contributed by atoms with E-state index in [4.69, 9.17) is 0 Å². The van der Waals surface area contributed by atoms with Gasteiger partial charge in [-0.05, 0) is 12.8 Å². The van der Waals surface area contributed by atoms with Crippen LogP contribution in [-0.4, -0.2) is 57.6 Å². The van der Waals surface area contributed by atoms with Gasteiger partial charge in [-0.15, -0.1) is 0 Å². The monoisotopic (exact) mass is 294 g/mol. The van der Waals surface area contributed by atoms with Crippen molar-refractivity contribution < 1.29 is 22.7 Å². The summed E-state index contributed by atoms with van der Waals surface area (Å²) in [6.45, 7) is 1.93. The Morgan fingerprint density at radius 3 is 2.42 bits per heavy atom. The molecule has 7 nitrogen and oxygen atoms in total. The van der Waals surface area contributed by atoms with Crippen LogP contribution < -0.4 is 5.32 Å². The molecule has 0 bridgehead atoms. The zero-order valence-electron chi connectivity index (χ0n) is 11.6. The summed E-state index contributed by atoms with van der Waals surface area (Å²) in [5.74, 6) is -0.965. The van der Waals surface area contributed by atoms with Crippen molar-refractivity contribution in [2.75, 3.05) is 33.0 Å². The highest BCUT2D eigenvalue weighted by Crippen LogP contribution is 2.06. The summed E-state index contributed by atoms with van der Waals surface area (Å²) >= 11 is 0. The van der Waals surface area contributed by atoms with Crippen molar-refractivity contribution in [2.24, 2.45) is 0 Å². The number of nitrogens with one attached hydrogen (secondary N) is 1. The van der Waals surface area contributed by atoms with Crippen molar-refractivity contribution in [1.82, 2.24) is 9.62 Å². The first-order valence-corrected chi connectivity index (χ1v) is 7.73. The smallest absolute Gasteiger partial charge is 0.305 e. The third kappa shape index (κ3) is 7.12. The Balaban J connectivity index is 4.52. The molecule has 8 heteroatoms. The van der Waals surface area contributed by atoms with Gasteiger partial charge in [0, 0.05) is 20.0 Å². The number of hydrogen-bond acceptors (Lipinski definition) is 5. The van der Waals surface area contributed by atoms with Crippen molar-refractivity contribution in [3.05, 3.63) is 0 Å². The van der Waals surface area contributed by atoms with Gasteiger partial charge < -0.3 is 10.1 Å². The Hall–Kier alpha value is -1.15. The van der Waals surface area contributed by atoms with Crippen LogP contribution in [0.5, 0.6) is 0 Å². The summed E-state index contributed by atoms with van der Waals surface area (Å²) in [5, 5.41) is 2.39. The molecule has 0 aliphatic heterocycles. The van der Waals surface area contributed by atoms with Gasteiger partial charge in [0.05, 0.1) is 19.4 Å². The number of carbonyl (C=O) groups is 2. The summed E-state index contributed by atoms with van der Waals surface area (Å²) in [6, 6.07) is 0. The molecule has 0 rings (SSSR count). The number of esters is 1. The molecule has 0 unspecified atom stereocenters. The van der Waals surface area contributed by atoms with Crippen LogP contribution in [0, 0.1) is 0 Å². The van der Waals surface area contributed by atoms with Crippen molar-refractivity contribution in [2.45, 2.75) is 26.2 Å². The Morgan fingerprint density at radius 1 is 1.32 bits per heavy atom. The van der Waals surface area contributed by atoms with Crippen LogP contribution >= 0.6 is 0 Å². The van der Waals surface area contributed by atoms with E-state index in [1.165, 1.54) is 14.2 Å². The quantitative estimate of drug-likeness (QED) is 0.591. The first-order chi connectivity index (χ1) is 8.87. The minimum atomic E-state index is -3.53. The van der Waals surface area contributed by atoms with Crippen LogP contribution in [0.1, 0.15) is 26.2 Å². The first-order valence-electron chi connectivity index (χ1n) is 6.12. The lowest BCUT2D eigenvalue weighted by Gasteiger charge is -2.20. The third-order valence-electron chi connectivity index (χ3n) is 2.48. The SMILES string of the molecule is CCCN(CC(=O)NC)S(=O)(=O)CCCC(=O)OC. The highest BCUT2D eigenvalue weighted by Gasteiger charge is 2.23. The van der Waals surface area contributed by atoms with Crippen LogP contribution in [0.25, 0.3) is 0 Å². The standard InChI is InChI=1S/C11H22N2O5S/c1-4-7-13(9-10(14)12-2)19(16,17)8-5-6-11(15)18-3/h4-9H2,1-3H3,(H,12,14). The van der Waals surface area contributed by atoms with E-state index in [0.717, 1.165) is 4.31 Å². The number of hydrogen-bond donors (Lipinski definition) is 1. The molecule has 112 valence electrons. The Labute approximate surface area is 114 Å². The fourth-order valence-electron chi connectivity index (χ4n) is 1.44. The predicted octanol–water partition coefficient (Wildman–Crippen LogP) is -0.273. The lowest BCUT2D eigenvalue weighted by atomic mass is 10.3. The number of carbonyl (C=O) groups excluding carboxylic acids is 2. The second kappa shape index (κ2) is 8.87. The zero-order chi connectivity index (χ0) is 14.9. The van der Waals surface area contributed by atoms with E-state index in [9.17, 15) is 18.0 Å². The van der Waals surface area contributed by atoms with E-state index in [2.05, 4.69) is 10.1 Å². The van der Waals surface area contributed by atoms with Gasteiger partial charge in [-0.25, -0.2) is 8.42 Å². The molecule has 0 atom stereocenters. The third-order valence-corrected chi connectivity index (χ3v) is 4.38. The lowest BCUT2D eigenvalue weighted by Crippen LogP contribution is -2.41. The normalized spacial score (nSPS) is 11.4. The summed E-state index contributed by atoms with van der Waals surface area (Å²) < 4.78 is 29.7. The number of sulfonamides is 1. The zero-order valence-corrected chi connectivity index (χ0v) is 12.5. The van der Waals surface area contributed by atoms with Crippen LogP contribution in [0.4, 0.5) is 0 Å². The topological polar surface area (TPSA) is 92.8 Å². The van der Waals surface area contributed by atoms with Gasteiger partial charge >= 0.3 is 5.97 Å².